The largest absolute Gasteiger partial charge is 0.454 e. The van der Waals surface area contributed by atoms with Crippen LogP contribution in [0.1, 0.15) is 25.7 Å². The number of aromatic nitrogens is 1. The zero-order valence-electron chi connectivity index (χ0n) is 13.9. The molecule has 0 spiro atoms. The predicted octanol–water partition coefficient (Wildman–Crippen LogP) is 1.39. The maximum atomic E-state index is 12.3. The van der Waals surface area contributed by atoms with Gasteiger partial charge in [-0.1, -0.05) is 24.4 Å². The van der Waals surface area contributed by atoms with Gasteiger partial charge in [-0.3, -0.25) is 24.1 Å². The van der Waals surface area contributed by atoms with Crippen molar-refractivity contribution in [2.24, 2.45) is 11.8 Å². The molecule has 1 saturated heterocycles. The Bertz CT molecular complexity index is 730. The number of imide groups is 1. The first kappa shape index (κ1) is 18.3. The lowest BCUT2D eigenvalue weighted by atomic mass is 9.81. The number of likely N-dealkylation sites (tertiary alicyclic amines) is 1. The summed E-state index contributed by atoms with van der Waals surface area (Å²) in [5.74, 6) is -2.68. The second-order valence-corrected chi connectivity index (χ2v) is 6.67. The Kier molecular flexibility index (Phi) is 5.51. The molecule has 2 aliphatic rings. The van der Waals surface area contributed by atoms with E-state index in [0.717, 1.165) is 17.7 Å². The summed E-state index contributed by atoms with van der Waals surface area (Å²) < 4.78 is 4.87. The van der Waals surface area contributed by atoms with E-state index < -0.39 is 25.0 Å². The van der Waals surface area contributed by atoms with Crippen LogP contribution in [-0.2, 0) is 23.9 Å². The molecule has 0 radical (unpaired) electrons. The molecular formula is C17H18ClN3O5. The summed E-state index contributed by atoms with van der Waals surface area (Å²) in [5.41, 5.74) is 0.296. The van der Waals surface area contributed by atoms with Gasteiger partial charge in [0.2, 0.25) is 11.8 Å². The van der Waals surface area contributed by atoms with Crippen molar-refractivity contribution in [2.75, 3.05) is 18.5 Å². The summed E-state index contributed by atoms with van der Waals surface area (Å²) in [7, 11) is 0. The Morgan fingerprint density at radius 3 is 2.50 bits per heavy atom. The summed E-state index contributed by atoms with van der Waals surface area (Å²) in [6, 6.07) is 3.15. The maximum absolute atomic E-state index is 12.3. The van der Waals surface area contributed by atoms with Crippen LogP contribution < -0.4 is 5.32 Å². The molecule has 1 aromatic rings. The number of ether oxygens (including phenoxy) is 1. The van der Waals surface area contributed by atoms with Crippen LogP contribution in [0.3, 0.4) is 0 Å². The molecular weight excluding hydrogens is 362 g/mol. The smallest absolute Gasteiger partial charge is 0.326 e. The van der Waals surface area contributed by atoms with Crippen LogP contribution >= 0.6 is 11.6 Å². The molecule has 2 heterocycles. The molecule has 0 aromatic carbocycles. The number of pyridine rings is 1. The fraction of sp³-hybridized carbons (Fsp3) is 0.471. The van der Waals surface area contributed by atoms with Gasteiger partial charge >= 0.3 is 5.97 Å². The maximum Gasteiger partial charge on any atom is 0.326 e. The van der Waals surface area contributed by atoms with Crippen molar-refractivity contribution in [2.45, 2.75) is 25.7 Å². The third-order valence-electron chi connectivity index (χ3n) is 4.62. The summed E-state index contributed by atoms with van der Waals surface area (Å²) in [4.78, 5) is 53.1. The van der Waals surface area contributed by atoms with E-state index >= 15 is 0 Å². The molecule has 1 aliphatic heterocycles. The second-order valence-electron chi connectivity index (χ2n) is 6.31. The van der Waals surface area contributed by atoms with Gasteiger partial charge in [-0.25, -0.2) is 4.98 Å². The third kappa shape index (κ3) is 3.85. The normalized spacial score (nSPS) is 22.1. The van der Waals surface area contributed by atoms with Gasteiger partial charge in [-0.05, 0) is 25.0 Å². The molecule has 2 atom stereocenters. The monoisotopic (exact) mass is 379 g/mol. The van der Waals surface area contributed by atoms with Crippen LogP contribution in [0, 0.1) is 11.8 Å². The molecule has 1 aliphatic carbocycles. The first-order valence-corrected chi connectivity index (χ1v) is 8.76. The van der Waals surface area contributed by atoms with Crippen LogP contribution in [0.25, 0.3) is 0 Å². The van der Waals surface area contributed by atoms with Crippen LogP contribution in [0.4, 0.5) is 5.69 Å². The summed E-state index contributed by atoms with van der Waals surface area (Å²) in [6.45, 7) is -1.02. The van der Waals surface area contributed by atoms with Gasteiger partial charge in [0.05, 0.1) is 17.5 Å². The standard InChI is InChI=1S/C17H18ClN3O5/c18-15-12(6-3-7-19-15)20-13(22)9-26-14(23)8-21-16(24)10-4-1-2-5-11(10)17(21)25/h3,6-7,10-11H,1-2,4-5,8-9H2,(H,20,22)/t10-,11-/m1/s1. The Hall–Kier alpha value is -2.48. The number of amides is 3. The number of nitrogens with one attached hydrogen (secondary N) is 1. The highest BCUT2D eigenvalue weighted by Crippen LogP contribution is 2.37. The molecule has 1 aromatic heterocycles. The highest BCUT2D eigenvalue weighted by Gasteiger charge is 2.48. The highest BCUT2D eigenvalue weighted by atomic mass is 35.5. The Labute approximate surface area is 154 Å². The van der Waals surface area contributed by atoms with E-state index in [4.69, 9.17) is 16.3 Å². The number of esters is 1. The van der Waals surface area contributed by atoms with Crippen molar-refractivity contribution in [3.05, 3.63) is 23.5 Å². The summed E-state index contributed by atoms with van der Waals surface area (Å²) in [5, 5.41) is 2.57. The van der Waals surface area contributed by atoms with Gasteiger partial charge in [0, 0.05) is 6.20 Å². The van der Waals surface area contributed by atoms with Crippen molar-refractivity contribution in [1.82, 2.24) is 9.88 Å². The lowest BCUT2D eigenvalue weighted by molar-refractivity contribution is -0.154. The van der Waals surface area contributed by atoms with E-state index in [1.54, 1.807) is 12.1 Å². The van der Waals surface area contributed by atoms with Gasteiger partial charge in [0.25, 0.3) is 5.91 Å². The van der Waals surface area contributed by atoms with E-state index in [0.29, 0.717) is 18.5 Å². The molecule has 2 fully saturated rings. The minimum Gasteiger partial charge on any atom is -0.454 e. The topological polar surface area (TPSA) is 106 Å². The van der Waals surface area contributed by atoms with Gasteiger partial charge in [0.1, 0.15) is 6.54 Å². The van der Waals surface area contributed by atoms with Gasteiger partial charge in [0.15, 0.2) is 11.8 Å². The van der Waals surface area contributed by atoms with Crippen LogP contribution in [0.5, 0.6) is 0 Å². The fourth-order valence-electron chi connectivity index (χ4n) is 3.37. The molecule has 26 heavy (non-hydrogen) atoms. The number of fused-ring (bicyclic) bond motifs is 1. The number of nitrogens with zero attached hydrogens (tertiary/aromatic N) is 2. The molecule has 0 unspecified atom stereocenters. The molecule has 1 saturated carbocycles. The lowest BCUT2D eigenvalue weighted by Gasteiger charge is -2.19. The molecule has 8 nitrogen and oxygen atoms in total. The van der Waals surface area contributed by atoms with Crippen molar-refractivity contribution < 1.29 is 23.9 Å². The summed E-state index contributed by atoms with van der Waals surface area (Å²) in [6.07, 6.45) is 4.65. The number of hydrogen-bond acceptors (Lipinski definition) is 6. The minimum atomic E-state index is -0.808. The van der Waals surface area contributed by atoms with E-state index in [-0.39, 0.29) is 28.8 Å². The predicted molar refractivity (Wildman–Crippen MR) is 91.0 cm³/mol. The number of anilines is 1. The fourth-order valence-corrected chi connectivity index (χ4v) is 3.54. The lowest BCUT2D eigenvalue weighted by Crippen LogP contribution is -2.37. The van der Waals surface area contributed by atoms with Crippen LogP contribution in [-0.4, -0.2) is 46.7 Å². The quantitative estimate of drug-likeness (QED) is 0.471. The first-order chi connectivity index (χ1) is 12.5. The minimum absolute atomic E-state index is 0.114. The zero-order valence-corrected chi connectivity index (χ0v) is 14.7. The number of rotatable bonds is 5. The Morgan fingerprint density at radius 2 is 1.88 bits per heavy atom. The first-order valence-electron chi connectivity index (χ1n) is 8.38. The Balaban J connectivity index is 1.50. The van der Waals surface area contributed by atoms with Crippen molar-refractivity contribution in [1.29, 1.82) is 0 Å². The average Bonchev–Trinajstić information content (AvgIpc) is 2.87. The average molecular weight is 380 g/mol. The molecule has 138 valence electrons. The zero-order chi connectivity index (χ0) is 18.7. The van der Waals surface area contributed by atoms with E-state index in [2.05, 4.69) is 10.3 Å². The van der Waals surface area contributed by atoms with E-state index in [9.17, 15) is 19.2 Å². The molecule has 3 amide bonds. The number of hydrogen-bond donors (Lipinski definition) is 1. The number of carbonyl (C=O) groups excluding carboxylic acids is 4. The molecule has 3 rings (SSSR count). The van der Waals surface area contributed by atoms with E-state index in [1.807, 2.05) is 0 Å². The van der Waals surface area contributed by atoms with Gasteiger partial charge < -0.3 is 10.1 Å². The van der Waals surface area contributed by atoms with Crippen LogP contribution in [0.2, 0.25) is 5.15 Å². The highest BCUT2D eigenvalue weighted by molar-refractivity contribution is 6.32. The van der Waals surface area contributed by atoms with Crippen molar-refractivity contribution in [3.63, 3.8) is 0 Å². The number of carbonyl (C=O) groups is 4. The number of halogens is 1. The van der Waals surface area contributed by atoms with Gasteiger partial charge in [-0.2, -0.15) is 0 Å². The van der Waals surface area contributed by atoms with Crippen molar-refractivity contribution in [3.8, 4) is 0 Å². The van der Waals surface area contributed by atoms with Crippen LogP contribution in [0.15, 0.2) is 18.3 Å². The molecule has 9 heteroatoms. The second kappa shape index (κ2) is 7.82. The summed E-state index contributed by atoms with van der Waals surface area (Å²) >= 11 is 5.82. The van der Waals surface area contributed by atoms with Gasteiger partial charge in [-0.15, -0.1) is 0 Å². The third-order valence-corrected chi connectivity index (χ3v) is 4.92. The molecule has 1 N–H and O–H groups in total. The van der Waals surface area contributed by atoms with E-state index in [1.165, 1.54) is 6.20 Å². The van der Waals surface area contributed by atoms with Crippen molar-refractivity contribution >= 4 is 41.0 Å². The Morgan fingerprint density at radius 1 is 1.23 bits per heavy atom. The SMILES string of the molecule is O=C(COC(=O)CN1C(=O)[C@@H]2CCCC[C@H]2C1=O)Nc1cccnc1Cl. The molecule has 0 bridgehead atoms.